The minimum absolute atomic E-state index is 0.0106. The van der Waals surface area contributed by atoms with E-state index in [1.54, 1.807) is 22.9 Å². The minimum Gasteiger partial charge on any atom is -0.367 e. The fraction of sp³-hybridized carbons (Fsp3) is 0.211. The predicted octanol–water partition coefficient (Wildman–Crippen LogP) is 2.42. The van der Waals surface area contributed by atoms with E-state index in [1.165, 1.54) is 18.3 Å². The van der Waals surface area contributed by atoms with Gasteiger partial charge in [0, 0.05) is 17.7 Å². The standard InChI is InChI=1S/C19H16N6O3S/c1-9(26)14-4-5-15(29-14)12-7-16(21-11-2-3-11)25-17(22-12)10(8-20-25)6-13-18(27)24-19(28)23-13/h4-8,11,21H,2-3H2,1H3,(H2,23,24,27,28)/b13-6-. The average molecular weight is 408 g/mol. The van der Waals surface area contributed by atoms with E-state index >= 15 is 0 Å². The maximum atomic E-state index is 11.9. The van der Waals surface area contributed by atoms with E-state index in [4.69, 9.17) is 4.98 Å². The highest BCUT2D eigenvalue weighted by Gasteiger charge is 2.25. The molecule has 1 aliphatic heterocycles. The zero-order valence-electron chi connectivity index (χ0n) is 15.4. The van der Waals surface area contributed by atoms with Crippen LogP contribution < -0.4 is 16.0 Å². The third-order valence-corrected chi connectivity index (χ3v) is 5.86. The van der Waals surface area contributed by atoms with E-state index in [0.717, 1.165) is 23.5 Å². The van der Waals surface area contributed by atoms with Gasteiger partial charge in [0.1, 0.15) is 11.5 Å². The van der Waals surface area contributed by atoms with Crippen molar-refractivity contribution >= 4 is 46.6 Å². The van der Waals surface area contributed by atoms with Crippen molar-refractivity contribution < 1.29 is 14.4 Å². The number of anilines is 1. The lowest BCUT2D eigenvalue weighted by molar-refractivity contribution is -0.115. The number of urea groups is 1. The molecule has 3 aromatic rings. The van der Waals surface area contributed by atoms with E-state index in [2.05, 4.69) is 21.0 Å². The predicted molar refractivity (Wildman–Crippen MR) is 108 cm³/mol. The molecule has 4 heterocycles. The lowest BCUT2D eigenvalue weighted by atomic mass is 10.2. The molecule has 3 aromatic heterocycles. The first-order valence-corrected chi connectivity index (χ1v) is 9.90. The first kappa shape index (κ1) is 17.6. The summed E-state index contributed by atoms with van der Waals surface area (Å²) in [6, 6.07) is 5.42. The molecule has 5 rings (SSSR count). The number of rotatable bonds is 5. The Morgan fingerprint density at radius 2 is 2.14 bits per heavy atom. The van der Waals surface area contributed by atoms with Gasteiger partial charge in [0.25, 0.3) is 5.91 Å². The maximum Gasteiger partial charge on any atom is 0.326 e. The number of fused-ring (bicyclic) bond motifs is 1. The summed E-state index contributed by atoms with van der Waals surface area (Å²) in [6.45, 7) is 1.54. The zero-order chi connectivity index (χ0) is 20.1. The van der Waals surface area contributed by atoms with Gasteiger partial charge in [0.2, 0.25) is 0 Å². The van der Waals surface area contributed by atoms with Crippen molar-refractivity contribution in [3.05, 3.63) is 40.5 Å². The van der Waals surface area contributed by atoms with Gasteiger partial charge in [-0.2, -0.15) is 9.61 Å². The fourth-order valence-electron chi connectivity index (χ4n) is 3.05. The lowest BCUT2D eigenvalue weighted by Crippen LogP contribution is -2.22. The van der Waals surface area contributed by atoms with Crippen LogP contribution in [0.2, 0.25) is 0 Å². The quantitative estimate of drug-likeness (QED) is 0.339. The molecule has 0 aromatic carbocycles. The Labute approximate surface area is 168 Å². The summed E-state index contributed by atoms with van der Waals surface area (Å²) in [5.41, 5.74) is 1.99. The summed E-state index contributed by atoms with van der Waals surface area (Å²) >= 11 is 1.38. The van der Waals surface area contributed by atoms with Crippen LogP contribution >= 0.6 is 11.3 Å². The first-order chi connectivity index (χ1) is 14.0. The van der Waals surface area contributed by atoms with E-state index < -0.39 is 11.9 Å². The second-order valence-corrected chi connectivity index (χ2v) is 8.05. The largest absolute Gasteiger partial charge is 0.367 e. The van der Waals surface area contributed by atoms with Gasteiger partial charge in [-0.15, -0.1) is 11.3 Å². The Morgan fingerprint density at radius 1 is 1.31 bits per heavy atom. The van der Waals surface area contributed by atoms with Gasteiger partial charge in [-0.25, -0.2) is 9.78 Å². The Bertz CT molecular complexity index is 1220. The van der Waals surface area contributed by atoms with Gasteiger partial charge in [-0.3, -0.25) is 14.9 Å². The van der Waals surface area contributed by atoms with Crippen molar-refractivity contribution in [1.82, 2.24) is 25.2 Å². The number of amides is 3. The molecule has 10 heteroatoms. The Balaban J connectivity index is 1.64. The Morgan fingerprint density at radius 3 is 2.79 bits per heavy atom. The highest BCUT2D eigenvalue weighted by Crippen LogP contribution is 2.32. The molecule has 29 heavy (non-hydrogen) atoms. The molecule has 9 nitrogen and oxygen atoms in total. The number of hydrogen-bond donors (Lipinski definition) is 3. The molecule has 0 radical (unpaired) electrons. The summed E-state index contributed by atoms with van der Waals surface area (Å²) in [5.74, 6) is 0.303. The Kier molecular flexibility index (Phi) is 3.95. The van der Waals surface area contributed by atoms with Crippen LogP contribution in [0.25, 0.3) is 22.3 Å². The number of carbonyl (C=O) groups is 3. The molecule has 1 saturated heterocycles. The minimum atomic E-state index is -0.558. The molecule has 3 amide bonds. The molecule has 0 atom stereocenters. The summed E-state index contributed by atoms with van der Waals surface area (Å²) in [4.78, 5) is 41.2. The van der Waals surface area contributed by atoms with E-state index in [-0.39, 0.29) is 11.5 Å². The van der Waals surface area contributed by atoms with Crippen molar-refractivity contribution in [3.63, 3.8) is 0 Å². The van der Waals surface area contributed by atoms with Crippen molar-refractivity contribution in [2.24, 2.45) is 0 Å². The molecule has 3 N–H and O–H groups in total. The van der Waals surface area contributed by atoms with Crippen molar-refractivity contribution in [1.29, 1.82) is 0 Å². The molecule has 2 aliphatic rings. The second-order valence-electron chi connectivity index (χ2n) is 6.97. The van der Waals surface area contributed by atoms with E-state index in [0.29, 0.717) is 27.8 Å². The van der Waals surface area contributed by atoms with Crippen molar-refractivity contribution in [2.75, 3.05) is 5.32 Å². The number of nitrogens with zero attached hydrogens (tertiary/aromatic N) is 3. The second kappa shape index (κ2) is 6.52. The number of carbonyl (C=O) groups excluding carboxylic acids is 3. The Hall–Kier alpha value is -3.53. The molecule has 0 unspecified atom stereocenters. The average Bonchev–Trinajstić information content (AvgIpc) is 3.08. The van der Waals surface area contributed by atoms with E-state index in [1.807, 2.05) is 12.1 Å². The first-order valence-electron chi connectivity index (χ1n) is 9.08. The van der Waals surface area contributed by atoms with Crippen LogP contribution in [0.4, 0.5) is 10.6 Å². The van der Waals surface area contributed by atoms with Crippen LogP contribution in [-0.2, 0) is 4.79 Å². The number of ketones is 1. The van der Waals surface area contributed by atoms with Crippen molar-refractivity contribution in [2.45, 2.75) is 25.8 Å². The van der Waals surface area contributed by atoms with Crippen LogP contribution in [0.5, 0.6) is 0 Å². The monoisotopic (exact) mass is 408 g/mol. The third-order valence-electron chi connectivity index (χ3n) is 4.65. The van der Waals surface area contributed by atoms with Gasteiger partial charge < -0.3 is 10.6 Å². The normalized spacial score (nSPS) is 17.6. The van der Waals surface area contributed by atoms with Crippen LogP contribution in [0.3, 0.4) is 0 Å². The van der Waals surface area contributed by atoms with Crippen LogP contribution in [0.15, 0.2) is 30.1 Å². The highest BCUT2D eigenvalue weighted by atomic mass is 32.1. The lowest BCUT2D eigenvalue weighted by Gasteiger charge is -2.09. The molecule has 1 aliphatic carbocycles. The maximum absolute atomic E-state index is 11.9. The van der Waals surface area contributed by atoms with Crippen LogP contribution in [-0.4, -0.2) is 38.4 Å². The molecule has 146 valence electrons. The molecular formula is C19H16N6O3S. The van der Waals surface area contributed by atoms with Crippen molar-refractivity contribution in [3.8, 4) is 10.6 Å². The molecule has 1 saturated carbocycles. The van der Waals surface area contributed by atoms with Gasteiger partial charge in [0.15, 0.2) is 11.4 Å². The number of nitrogens with one attached hydrogen (secondary N) is 3. The van der Waals surface area contributed by atoms with Gasteiger partial charge in [0.05, 0.1) is 21.6 Å². The number of aromatic nitrogens is 3. The third kappa shape index (κ3) is 3.27. The highest BCUT2D eigenvalue weighted by molar-refractivity contribution is 7.17. The van der Waals surface area contributed by atoms with Gasteiger partial charge in [-0.05, 0) is 38.0 Å². The smallest absolute Gasteiger partial charge is 0.326 e. The number of thiophene rings is 1. The van der Waals surface area contributed by atoms with E-state index in [9.17, 15) is 14.4 Å². The molecule has 0 bridgehead atoms. The summed E-state index contributed by atoms with van der Waals surface area (Å²) < 4.78 is 1.68. The zero-order valence-corrected chi connectivity index (χ0v) is 16.2. The van der Waals surface area contributed by atoms with Gasteiger partial charge in [-0.1, -0.05) is 0 Å². The molecule has 0 spiro atoms. The van der Waals surface area contributed by atoms with Gasteiger partial charge >= 0.3 is 6.03 Å². The number of hydrogen-bond acceptors (Lipinski definition) is 7. The van der Waals surface area contributed by atoms with Crippen LogP contribution in [0, 0.1) is 0 Å². The fourth-order valence-corrected chi connectivity index (χ4v) is 3.91. The number of imide groups is 1. The summed E-state index contributed by atoms with van der Waals surface area (Å²) in [5, 5.41) is 12.5. The topological polar surface area (TPSA) is 117 Å². The molecule has 2 fully saturated rings. The van der Waals surface area contributed by atoms with Crippen LogP contribution in [0.1, 0.15) is 35.0 Å². The summed E-state index contributed by atoms with van der Waals surface area (Å²) in [6.07, 6.45) is 5.34. The molecular weight excluding hydrogens is 392 g/mol. The summed E-state index contributed by atoms with van der Waals surface area (Å²) in [7, 11) is 0. The number of Topliss-reactive ketones (excluding diaryl/α,β-unsaturated/α-hetero) is 1. The SMILES string of the molecule is CC(=O)c1ccc(-c2cc(NC3CC3)n3ncc(/C=C4\NC(=O)NC4=O)c3n2)s1.